The summed E-state index contributed by atoms with van der Waals surface area (Å²) in [4.78, 5) is 16.1. The van der Waals surface area contributed by atoms with Crippen LogP contribution in [0.15, 0.2) is 78.9 Å². The van der Waals surface area contributed by atoms with Crippen molar-refractivity contribution in [1.29, 1.82) is 0 Å². The molecular weight excluding hydrogens is 447 g/mol. The molecule has 2 aromatic carbocycles. The number of carbonyl (C=O) groups is 1. The zero-order valence-electron chi connectivity index (χ0n) is 17.9. The monoisotopic (exact) mass is 469 g/mol. The first-order valence-corrected chi connectivity index (χ1v) is 11.2. The van der Waals surface area contributed by atoms with E-state index >= 15 is 0 Å². The Kier molecular flexibility index (Phi) is 6.65. The Labute approximate surface area is 193 Å². The maximum atomic E-state index is 13.4. The molecule has 2 aromatic heterocycles. The normalized spacial score (nSPS) is 11.5. The summed E-state index contributed by atoms with van der Waals surface area (Å²) in [7, 11) is 1.26. The summed E-state index contributed by atoms with van der Waals surface area (Å²) in [6, 6.07) is 24.0. The van der Waals surface area contributed by atoms with Gasteiger partial charge >= 0.3 is 6.18 Å². The number of thiophene rings is 1. The van der Waals surface area contributed by atoms with Crippen molar-refractivity contribution in [3.63, 3.8) is 0 Å². The number of benzene rings is 2. The van der Waals surface area contributed by atoms with Crippen LogP contribution >= 0.6 is 11.3 Å². The summed E-state index contributed by atoms with van der Waals surface area (Å²) in [6.45, 7) is 0.967. The van der Waals surface area contributed by atoms with Crippen molar-refractivity contribution in [2.24, 2.45) is 7.05 Å². The van der Waals surface area contributed by atoms with Gasteiger partial charge in [-0.05, 0) is 35.7 Å². The molecule has 0 N–H and O–H groups in total. The number of amides is 1. The number of carbonyl (C=O) groups excluding carboxylic acids is 1. The lowest BCUT2D eigenvalue weighted by molar-refractivity contribution is -0.143. The van der Waals surface area contributed by atoms with Crippen molar-refractivity contribution in [3.05, 3.63) is 101 Å². The zero-order chi connectivity index (χ0) is 23.4. The third kappa shape index (κ3) is 5.51. The summed E-state index contributed by atoms with van der Waals surface area (Å²) in [5.74, 6) is -0.155. The molecule has 0 radical (unpaired) electrons. The Morgan fingerprint density at radius 3 is 2.21 bits per heavy atom. The lowest BCUT2D eigenvalue weighted by atomic mass is 10.1. The van der Waals surface area contributed by atoms with Gasteiger partial charge in [-0.25, -0.2) is 0 Å². The van der Waals surface area contributed by atoms with E-state index in [-0.39, 0.29) is 11.6 Å². The van der Waals surface area contributed by atoms with E-state index in [2.05, 4.69) is 5.10 Å². The van der Waals surface area contributed by atoms with Gasteiger partial charge in [0, 0.05) is 20.1 Å². The molecule has 0 fully saturated rings. The van der Waals surface area contributed by atoms with Gasteiger partial charge in [0.1, 0.15) is 11.4 Å². The van der Waals surface area contributed by atoms with E-state index in [1.807, 2.05) is 60.7 Å². The van der Waals surface area contributed by atoms with E-state index in [4.69, 9.17) is 0 Å². The van der Waals surface area contributed by atoms with Crippen LogP contribution < -0.4 is 0 Å². The van der Waals surface area contributed by atoms with Gasteiger partial charge in [0.25, 0.3) is 5.91 Å². The van der Waals surface area contributed by atoms with Gasteiger partial charge in [0.05, 0.1) is 9.75 Å². The lowest BCUT2D eigenvalue weighted by Crippen LogP contribution is -2.32. The smallest absolute Gasteiger partial charge is 0.333 e. The molecule has 4 aromatic rings. The molecule has 2 heterocycles. The molecule has 4 rings (SSSR count). The van der Waals surface area contributed by atoms with E-state index in [0.717, 1.165) is 33.2 Å². The highest BCUT2D eigenvalue weighted by Crippen LogP contribution is 2.34. The summed E-state index contributed by atoms with van der Waals surface area (Å²) < 4.78 is 40.2. The number of aryl methyl sites for hydroxylation is 1. The highest BCUT2D eigenvalue weighted by Gasteiger charge is 2.35. The minimum atomic E-state index is -4.49. The van der Waals surface area contributed by atoms with E-state index in [1.54, 1.807) is 17.0 Å². The van der Waals surface area contributed by atoms with Gasteiger partial charge in [-0.1, -0.05) is 60.7 Å². The zero-order valence-corrected chi connectivity index (χ0v) is 18.7. The van der Waals surface area contributed by atoms with Crippen molar-refractivity contribution >= 4 is 17.2 Å². The molecule has 4 nitrogen and oxygen atoms in total. The Balaban J connectivity index is 1.56. The Hall–Kier alpha value is -3.39. The topological polar surface area (TPSA) is 38.1 Å². The maximum absolute atomic E-state index is 13.4. The number of halogens is 3. The molecule has 170 valence electrons. The first-order valence-electron chi connectivity index (χ1n) is 10.4. The standard InChI is InChI=1S/C25H22F3N3OS/c1-30-23(25(26,27)28)16-20(29-30)21-12-13-22(33-21)24(32)31(17-19-10-6-3-7-11-19)15-14-18-8-4-2-5-9-18/h2-13,16H,14-15,17H2,1H3. The Morgan fingerprint density at radius 2 is 1.61 bits per heavy atom. The van der Waals surface area contributed by atoms with E-state index in [0.29, 0.717) is 29.3 Å². The Morgan fingerprint density at radius 1 is 0.970 bits per heavy atom. The summed E-state index contributed by atoms with van der Waals surface area (Å²) in [5, 5.41) is 3.99. The minimum Gasteiger partial charge on any atom is -0.333 e. The third-order valence-corrected chi connectivity index (χ3v) is 6.35. The molecule has 0 spiro atoms. The Bertz CT molecular complexity index is 1220. The first kappa shape index (κ1) is 22.8. The largest absolute Gasteiger partial charge is 0.433 e. The summed E-state index contributed by atoms with van der Waals surface area (Å²) in [6.07, 6.45) is -3.79. The van der Waals surface area contributed by atoms with Gasteiger partial charge in [-0.2, -0.15) is 18.3 Å². The van der Waals surface area contributed by atoms with Gasteiger partial charge in [-0.15, -0.1) is 11.3 Å². The summed E-state index contributed by atoms with van der Waals surface area (Å²) >= 11 is 1.15. The number of alkyl halides is 3. The van der Waals surface area contributed by atoms with Crippen LogP contribution in [-0.4, -0.2) is 27.1 Å². The molecule has 33 heavy (non-hydrogen) atoms. The minimum absolute atomic E-state index is 0.155. The highest BCUT2D eigenvalue weighted by atomic mass is 32.1. The number of aromatic nitrogens is 2. The number of rotatable bonds is 7. The molecule has 0 atom stereocenters. The molecule has 0 bridgehead atoms. The van der Waals surface area contributed by atoms with Crippen LogP contribution in [0.25, 0.3) is 10.6 Å². The predicted octanol–water partition coefficient (Wildman–Crippen LogP) is 6.05. The quantitative estimate of drug-likeness (QED) is 0.330. The predicted molar refractivity (Wildman–Crippen MR) is 123 cm³/mol. The molecule has 0 unspecified atom stereocenters. The molecule has 0 saturated heterocycles. The van der Waals surface area contributed by atoms with Crippen LogP contribution in [-0.2, 0) is 26.2 Å². The van der Waals surface area contributed by atoms with Gasteiger partial charge in [0.2, 0.25) is 0 Å². The molecule has 0 saturated carbocycles. The number of nitrogens with zero attached hydrogens (tertiary/aromatic N) is 3. The average molecular weight is 470 g/mol. The molecule has 0 aliphatic rings. The molecule has 8 heteroatoms. The van der Waals surface area contributed by atoms with Crippen LogP contribution in [0.2, 0.25) is 0 Å². The second-order valence-electron chi connectivity index (χ2n) is 7.65. The maximum Gasteiger partial charge on any atom is 0.433 e. The number of hydrogen-bond acceptors (Lipinski definition) is 3. The van der Waals surface area contributed by atoms with E-state index in [1.165, 1.54) is 7.05 Å². The van der Waals surface area contributed by atoms with Crippen molar-refractivity contribution in [1.82, 2.24) is 14.7 Å². The fourth-order valence-electron chi connectivity index (χ4n) is 3.56. The van der Waals surface area contributed by atoms with Crippen molar-refractivity contribution in [2.45, 2.75) is 19.1 Å². The molecule has 0 aliphatic heterocycles. The van der Waals surface area contributed by atoms with Crippen LogP contribution in [0.4, 0.5) is 13.2 Å². The van der Waals surface area contributed by atoms with Gasteiger partial charge < -0.3 is 4.90 Å². The second kappa shape index (κ2) is 9.62. The van der Waals surface area contributed by atoms with E-state index in [9.17, 15) is 18.0 Å². The molecular formula is C25H22F3N3OS. The van der Waals surface area contributed by atoms with E-state index < -0.39 is 11.9 Å². The molecule has 0 aliphatic carbocycles. The van der Waals surface area contributed by atoms with Gasteiger partial charge in [0.15, 0.2) is 0 Å². The number of hydrogen-bond donors (Lipinski definition) is 0. The van der Waals surface area contributed by atoms with Crippen LogP contribution in [0.1, 0.15) is 26.5 Å². The van der Waals surface area contributed by atoms with Crippen molar-refractivity contribution in [3.8, 4) is 10.6 Å². The van der Waals surface area contributed by atoms with Gasteiger partial charge in [-0.3, -0.25) is 9.48 Å². The first-order chi connectivity index (χ1) is 15.8. The summed E-state index contributed by atoms with van der Waals surface area (Å²) in [5.41, 5.74) is 1.51. The van der Waals surface area contributed by atoms with Crippen LogP contribution in [0, 0.1) is 0 Å². The highest BCUT2D eigenvalue weighted by molar-refractivity contribution is 7.17. The SMILES string of the molecule is Cn1nc(-c2ccc(C(=O)N(CCc3ccccc3)Cc3ccccc3)s2)cc1C(F)(F)F. The van der Waals surface area contributed by atoms with Crippen LogP contribution in [0.5, 0.6) is 0 Å². The van der Waals surface area contributed by atoms with Crippen molar-refractivity contribution < 1.29 is 18.0 Å². The van der Waals surface area contributed by atoms with Crippen molar-refractivity contribution in [2.75, 3.05) is 6.54 Å². The lowest BCUT2D eigenvalue weighted by Gasteiger charge is -2.22. The molecule has 1 amide bonds. The average Bonchev–Trinajstić information content (AvgIpc) is 3.44. The fourth-order valence-corrected chi connectivity index (χ4v) is 4.49. The third-order valence-electron chi connectivity index (χ3n) is 5.26. The fraction of sp³-hybridized carbons (Fsp3) is 0.200. The second-order valence-corrected chi connectivity index (χ2v) is 8.73. The van der Waals surface area contributed by atoms with Crippen LogP contribution in [0.3, 0.4) is 0 Å².